The van der Waals surface area contributed by atoms with Gasteiger partial charge in [-0.2, -0.15) is 10.4 Å². The van der Waals surface area contributed by atoms with Crippen molar-refractivity contribution in [3.05, 3.63) is 46.9 Å². The summed E-state index contributed by atoms with van der Waals surface area (Å²) in [4.78, 5) is 15.6. The highest BCUT2D eigenvalue weighted by Gasteiger charge is 2.38. The van der Waals surface area contributed by atoms with E-state index >= 15 is 0 Å². The number of ether oxygens (including phenoxy) is 1. The normalized spacial score (nSPS) is 19.3. The molecule has 0 saturated carbocycles. The Morgan fingerprint density at radius 3 is 2.61 bits per heavy atom. The molecule has 4 rings (SSSR count). The molecule has 0 radical (unpaired) electrons. The van der Waals surface area contributed by atoms with E-state index in [-0.39, 0.29) is 16.9 Å². The zero-order chi connectivity index (χ0) is 23.9. The summed E-state index contributed by atoms with van der Waals surface area (Å²) in [5.41, 5.74) is 0.224. The Morgan fingerprint density at radius 1 is 1.27 bits per heavy atom. The van der Waals surface area contributed by atoms with Gasteiger partial charge in [-0.3, -0.25) is 9.48 Å². The smallest absolute Gasteiger partial charge is 0.261 e. The average Bonchev–Trinajstić information content (AvgIpc) is 3.14. The Labute approximate surface area is 192 Å². The van der Waals surface area contributed by atoms with E-state index in [1.165, 1.54) is 0 Å². The van der Waals surface area contributed by atoms with Crippen LogP contribution in [0.4, 0.5) is 11.5 Å². The maximum Gasteiger partial charge on any atom is 0.261 e. The molecule has 1 aliphatic heterocycles. The Balaban J connectivity index is 1.77. The fourth-order valence-corrected chi connectivity index (χ4v) is 5.30. The van der Waals surface area contributed by atoms with Crippen LogP contribution in [0.1, 0.15) is 40.0 Å². The summed E-state index contributed by atoms with van der Waals surface area (Å²) < 4.78 is 31.9. The lowest BCUT2D eigenvalue weighted by atomic mass is 9.89. The van der Waals surface area contributed by atoms with Gasteiger partial charge in [0.05, 0.1) is 39.8 Å². The van der Waals surface area contributed by atoms with E-state index in [2.05, 4.69) is 16.4 Å². The van der Waals surface area contributed by atoms with Crippen molar-refractivity contribution in [3.63, 3.8) is 0 Å². The number of anilines is 2. The van der Waals surface area contributed by atoms with Crippen molar-refractivity contribution in [3.8, 4) is 6.07 Å². The fourth-order valence-electron chi connectivity index (χ4n) is 4.10. The van der Waals surface area contributed by atoms with Crippen LogP contribution >= 0.6 is 0 Å². The SMILES string of the molecule is CC(C)(C)S(=O)(=O)c1ccc(Nc2nn([C@]3(CC#N)CCCOC3)c3cc[nH]c(=O)c23)cc1. The van der Waals surface area contributed by atoms with Crippen LogP contribution < -0.4 is 10.9 Å². The summed E-state index contributed by atoms with van der Waals surface area (Å²) in [5, 5.41) is 17.7. The predicted molar refractivity (Wildman–Crippen MR) is 125 cm³/mol. The minimum atomic E-state index is -3.48. The van der Waals surface area contributed by atoms with E-state index in [1.54, 1.807) is 62.0 Å². The Hall–Kier alpha value is -3.16. The monoisotopic (exact) mass is 469 g/mol. The van der Waals surface area contributed by atoms with E-state index in [1.807, 2.05) is 0 Å². The van der Waals surface area contributed by atoms with Gasteiger partial charge in [0.2, 0.25) is 0 Å². The number of hydrogen-bond acceptors (Lipinski definition) is 7. The third kappa shape index (κ3) is 4.03. The highest BCUT2D eigenvalue weighted by Crippen LogP contribution is 2.35. The van der Waals surface area contributed by atoms with E-state index in [9.17, 15) is 18.5 Å². The quantitative estimate of drug-likeness (QED) is 0.585. The van der Waals surface area contributed by atoms with Gasteiger partial charge < -0.3 is 15.0 Å². The summed E-state index contributed by atoms with van der Waals surface area (Å²) in [7, 11) is -3.48. The minimum Gasteiger partial charge on any atom is -0.379 e. The average molecular weight is 470 g/mol. The lowest BCUT2D eigenvalue weighted by Crippen LogP contribution is -2.42. The van der Waals surface area contributed by atoms with E-state index in [0.29, 0.717) is 42.0 Å². The molecule has 1 saturated heterocycles. The molecule has 33 heavy (non-hydrogen) atoms. The molecule has 0 bridgehead atoms. The van der Waals surface area contributed by atoms with Crippen molar-refractivity contribution < 1.29 is 13.2 Å². The van der Waals surface area contributed by atoms with Gasteiger partial charge in [0.15, 0.2) is 15.7 Å². The van der Waals surface area contributed by atoms with Gasteiger partial charge in [-0.1, -0.05) is 0 Å². The van der Waals surface area contributed by atoms with Crippen LogP contribution in [0.2, 0.25) is 0 Å². The second kappa shape index (κ2) is 8.32. The Bertz CT molecular complexity index is 1370. The summed E-state index contributed by atoms with van der Waals surface area (Å²) in [5.74, 6) is 0.334. The first-order chi connectivity index (χ1) is 15.6. The maximum absolute atomic E-state index is 12.7. The van der Waals surface area contributed by atoms with Crippen molar-refractivity contribution in [1.82, 2.24) is 14.8 Å². The molecule has 2 aromatic heterocycles. The molecule has 9 nitrogen and oxygen atoms in total. The summed E-state index contributed by atoms with van der Waals surface area (Å²) in [6, 6.07) is 10.4. The van der Waals surface area contributed by atoms with E-state index in [0.717, 1.165) is 6.42 Å². The van der Waals surface area contributed by atoms with Gasteiger partial charge in [-0.05, 0) is 63.9 Å². The number of rotatable bonds is 5. The second-order valence-corrected chi connectivity index (χ2v) is 12.0. The summed E-state index contributed by atoms with van der Waals surface area (Å²) in [6.07, 6.45) is 3.26. The number of nitrogens with zero attached hydrogens (tertiary/aromatic N) is 3. The largest absolute Gasteiger partial charge is 0.379 e. The van der Waals surface area contributed by atoms with Gasteiger partial charge >= 0.3 is 0 Å². The van der Waals surface area contributed by atoms with Crippen LogP contribution in [0.15, 0.2) is 46.2 Å². The Kier molecular flexibility index (Phi) is 5.80. The third-order valence-electron chi connectivity index (χ3n) is 6.00. The van der Waals surface area contributed by atoms with Crippen LogP contribution in [0.3, 0.4) is 0 Å². The summed E-state index contributed by atoms with van der Waals surface area (Å²) >= 11 is 0. The number of fused-ring (bicyclic) bond motifs is 1. The molecule has 0 aliphatic carbocycles. The summed E-state index contributed by atoms with van der Waals surface area (Å²) in [6.45, 7) is 5.94. The first-order valence-electron chi connectivity index (χ1n) is 10.8. The van der Waals surface area contributed by atoms with Gasteiger partial charge in [-0.25, -0.2) is 8.42 Å². The molecule has 3 aromatic rings. The number of pyridine rings is 1. The lowest BCUT2D eigenvalue weighted by molar-refractivity contribution is -0.00174. The molecule has 1 atom stereocenters. The fraction of sp³-hybridized carbons (Fsp3) is 0.435. The second-order valence-electron chi connectivity index (χ2n) is 9.31. The molecule has 0 spiro atoms. The number of benzene rings is 1. The predicted octanol–water partition coefficient (Wildman–Crippen LogP) is 3.46. The highest BCUT2D eigenvalue weighted by atomic mass is 32.2. The van der Waals surface area contributed by atoms with Crippen LogP contribution in [0, 0.1) is 11.3 Å². The zero-order valence-corrected chi connectivity index (χ0v) is 19.7. The zero-order valence-electron chi connectivity index (χ0n) is 18.9. The van der Waals surface area contributed by atoms with Gasteiger partial charge in [0.1, 0.15) is 5.39 Å². The molecule has 0 amide bonds. The van der Waals surface area contributed by atoms with Crippen molar-refractivity contribution in [2.75, 3.05) is 18.5 Å². The number of nitrogens with one attached hydrogen (secondary N) is 2. The number of aromatic amines is 1. The highest BCUT2D eigenvalue weighted by molar-refractivity contribution is 7.92. The Morgan fingerprint density at radius 2 is 2.00 bits per heavy atom. The van der Waals surface area contributed by atoms with E-state index in [4.69, 9.17) is 9.84 Å². The third-order valence-corrected chi connectivity index (χ3v) is 8.50. The van der Waals surface area contributed by atoms with Crippen molar-refractivity contribution in [2.24, 2.45) is 0 Å². The van der Waals surface area contributed by atoms with Crippen LogP contribution in [0.25, 0.3) is 10.9 Å². The number of nitriles is 1. The molecule has 10 heteroatoms. The molecular weight excluding hydrogens is 442 g/mol. The molecule has 174 valence electrons. The molecule has 3 heterocycles. The molecule has 2 N–H and O–H groups in total. The number of H-pyrrole nitrogens is 1. The topological polar surface area (TPSA) is 130 Å². The number of hydrogen-bond donors (Lipinski definition) is 2. The standard InChI is InChI=1S/C23H27N5O4S/c1-22(2,3)33(30,31)17-7-5-16(6-8-17)26-20-19-18(9-13-25-21(19)29)28(27-20)23(11-12-24)10-4-14-32-15-23/h5-9,13H,4,10-11,14-15H2,1-3H3,(H,25,29)(H,26,27)/t23-/m0/s1. The van der Waals surface area contributed by atoms with Crippen LogP contribution in [0.5, 0.6) is 0 Å². The first kappa shape index (κ1) is 23.0. The molecule has 1 aliphatic rings. The van der Waals surface area contributed by atoms with Crippen molar-refractivity contribution >= 4 is 32.2 Å². The molecule has 1 fully saturated rings. The molecule has 0 unspecified atom stereocenters. The maximum atomic E-state index is 12.7. The molecule has 1 aromatic carbocycles. The van der Waals surface area contributed by atoms with Gasteiger partial charge in [0.25, 0.3) is 5.56 Å². The molecular formula is C23H27N5O4S. The lowest BCUT2D eigenvalue weighted by Gasteiger charge is -2.35. The van der Waals surface area contributed by atoms with Gasteiger partial charge in [0, 0.05) is 18.5 Å². The van der Waals surface area contributed by atoms with Crippen LogP contribution in [-0.4, -0.2) is 41.1 Å². The number of sulfone groups is 1. The first-order valence-corrected chi connectivity index (χ1v) is 12.2. The van der Waals surface area contributed by atoms with Crippen molar-refractivity contribution in [1.29, 1.82) is 5.26 Å². The van der Waals surface area contributed by atoms with Gasteiger partial charge in [-0.15, -0.1) is 0 Å². The number of aromatic nitrogens is 3. The van der Waals surface area contributed by atoms with E-state index < -0.39 is 20.1 Å². The van der Waals surface area contributed by atoms with Crippen molar-refractivity contribution in [2.45, 2.75) is 55.2 Å². The minimum absolute atomic E-state index is 0.204. The van der Waals surface area contributed by atoms with Crippen LogP contribution in [-0.2, 0) is 20.1 Å².